The van der Waals surface area contributed by atoms with Gasteiger partial charge < -0.3 is 10.6 Å². The predicted octanol–water partition coefficient (Wildman–Crippen LogP) is 4.00. The fourth-order valence-electron chi connectivity index (χ4n) is 3.41. The smallest absolute Gasteiger partial charge is 0.201 e. The molecule has 7 heteroatoms. The number of rotatable bonds is 8. The predicted molar refractivity (Wildman–Crippen MR) is 107 cm³/mol. The van der Waals surface area contributed by atoms with Crippen LogP contribution in [0.1, 0.15) is 63.4 Å². The molecule has 4 rings (SSSR count). The molecule has 2 N–H and O–H groups in total. The van der Waals surface area contributed by atoms with Crippen molar-refractivity contribution in [2.24, 2.45) is 0 Å². The first-order valence-corrected chi connectivity index (χ1v) is 9.95. The highest BCUT2D eigenvalue weighted by Gasteiger charge is 2.26. The second-order valence-corrected chi connectivity index (χ2v) is 7.20. The molecule has 0 radical (unpaired) electrons. The van der Waals surface area contributed by atoms with Crippen molar-refractivity contribution in [1.29, 1.82) is 0 Å². The van der Waals surface area contributed by atoms with Gasteiger partial charge in [-0.05, 0) is 37.8 Å². The van der Waals surface area contributed by atoms with Gasteiger partial charge in [-0.1, -0.05) is 26.3 Å². The zero-order valence-electron chi connectivity index (χ0n) is 16.0. The molecule has 142 valence electrons. The molecular formula is C20H27N7. The Morgan fingerprint density at radius 1 is 1.19 bits per heavy atom. The third kappa shape index (κ3) is 3.72. The molecular weight excluding hydrogens is 338 g/mol. The number of aromatic nitrogens is 5. The molecule has 1 saturated carbocycles. The minimum Gasteiger partial charge on any atom is -0.376 e. The fraction of sp³-hybridized carbons (Fsp3) is 0.500. The quantitative estimate of drug-likeness (QED) is 0.628. The highest BCUT2D eigenvalue weighted by atomic mass is 15.4. The van der Waals surface area contributed by atoms with Gasteiger partial charge in [0.1, 0.15) is 5.82 Å². The maximum absolute atomic E-state index is 4.81. The summed E-state index contributed by atoms with van der Waals surface area (Å²) < 4.78 is 1.93. The van der Waals surface area contributed by atoms with E-state index < -0.39 is 0 Å². The molecule has 0 amide bonds. The van der Waals surface area contributed by atoms with Gasteiger partial charge in [0.05, 0.1) is 17.9 Å². The number of nitrogens with one attached hydrogen (secondary N) is 2. The summed E-state index contributed by atoms with van der Waals surface area (Å²) in [5.74, 6) is 2.31. The Balaban J connectivity index is 1.67. The number of anilines is 2. The van der Waals surface area contributed by atoms with Crippen molar-refractivity contribution in [2.75, 3.05) is 10.6 Å². The average Bonchev–Trinajstić information content (AvgIpc) is 3.07. The van der Waals surface area contributed by atoms with E-state index in [0.29, 0.717) is 18.5 Å². The lowest BCUT2D eigenvalue weighted by Gasteiger charge is -2.23. The van der Waals surface area contributed by atoms with Gasteiger partial charge in [-0.3, -0.25) is 4.98 Å². The minimum atomic E-state index is 0.405. The molecule has 1 aliphatic carbocycles. The summed E-state index contributed by atoms with van der Waals surface area (Å²) in [6.07, 6.45) is 7.53. The largest absolute Gasteiger partial charge is 0.376 e. The van der Waals surface area contributed by atoms with Gasteiger partial charge in [0.15, 0.2) is 5.82 Å². The molecule has 3 aromatic rings. The Morgan fingerprint density at radius 3 is 2.70 bits per heavy atom. The third-order valence-electron chi connectivity index (χ3n) is 5.39. The molecule has 0 saturated heterocycles. The first-order valence-electron chi connectivity index (χ1n) is 9.95. The second-order valence-electron chi connectivity index (χ2n) is 7.20. The highest BCUT2D eigenvalue weighted by molar-refractivity contribution is 5.70. The molecule has 27 heavy (non-hydrogen) atoms. The van der Waals surface area contributed by atoms with Crippen molar-refractivity contribution in [2.45, 2.75) is 64.5 Å². The summed E-state index contributed by atoms with van der Waals surface area (Å²) in [5, 5.41) is 20.7. The number of hydrogen-bond donors (Lipinski definition) is 2. The minimum absolute atomic E-state index is 0.405. The Morgan fingerprint density at radius 2 is 2.04 bits per heavy atom. The Labute approximate surface area is 159 Å². The summed E-state index contributed by atoms with van der Waals surface area (Å²) in [7, 11) is 0. The van der Waals surface area contributed by atoms with Crippen LogP contribution in [0.3, 0.4) is 0 Å². The zero-order chi connectivity index (χ0) is 18.6. The first kappa shape index (κ1) is 17.7. The van der Waals surface area contributed by atoms with E-state index >= 15 is 0 Å². The summed E-state index contributed by atoms with van der Waals surface area (Å²) >= 11 is 0. The molecule has 0 bridgehead atoms. The highest BCUT2D eigenvalue weighted by Crippen LogP contribution is 2.36. The van der Waals surface area contributed by atoms with Crippen LogP contribution in [0.5, 0.6) is 0 Å². The lowest BCUT2D eigenvalue weighted by atomic mass is 9.85. The van der Waals surface area contributed by atoms with Gasteiger partial charge in [-0.15, -0.1) is 15.3 Å². The maximum Gasteiger partial charge on any atom is 0.201 e. The Hall–Kier alpha value is -2.70. The molecule has 1 aliphatic rings. The summed E-state index contributed by atoms with van der Waals surface area (Å²) in [6, 6.07) is 8.38. The van der Waals surface area contributed by atoms with Gasteiger partial charge in [0, 0.05) is 24.2 Å². The van der Waals surface area contributed by atoms with Crippen LogP contribution in [0, 0.1) is 0 Å². The van der Waals surface area contributed by atoms with Crippen LogP contribution in [0.25, 0.3) is 5.65 Å². The van der Waals surface area contributed by atoms with Crippen molar-refractivity contribution >= 4 is 17.2 Å². The van der Waals surface area contributed by atoms with E-state index in [4.69, 9.17) is 5.10 Å². The van der Waals surface area contributed by atoms with Gasteiger partial charge in [-0.2, -0.15) is 4.52 Å². The van der Waals surface area contributed by atoms with Gasteiger partial charge in [-0.25, -0.2) is 0 Å². The number of hydrogen-bond acceptors (Lipinski definition) is 6. The molecule has 0 atom stereocenters. The summed E-state index contributed by atoms with van der Waals surface area (Å²) in [6.45, 7) is 5.02. The monoisotopic (exact) mass is 365 g/mol. The van der Waals surface area contributed by atoms with Gasteiger partial charge >= 0.3 is 0 Å². The molecule has 0 aromatic carbocycles. The van der Waals surface area contributed by atoms with Crippen LogP contribution in [0.2, 0.25) is 0 Å². The van der Waals surface area contributed by atoms with E-state index in [-0.39, 0.29) is 0 Å². The molecule has 3 aromatic heterocycles. The molecule has 1 fully saturated rings. The van der Waals surface area contributed by atoms with E-state index in [0.717, 1.165) is 41.5 Å². The lowest BCUT2D eigenvalue weighted by Crippen LogP contribution is -2.20. The van der Waals surface area contributed by atoms with E-state index in [2.05, 4.69) is 39.7 Å². The number of nitrogens with zero attached hydrogens (tertiary/aromatic N) is 5. The molecule has 0 spiro atoms. The Kier molecular flexibility index (Phi) is 5.18. The van der Waals surface area contributed by atoms with Crippen LogP contribution in [0.4, 0.5) is 11.5 Å². The summed E-state index contributed by atoms with van der Waals surface area (Å²) in [4.78, 5) is 4.39. The van der Waals surface area contributed by atoms with Crippen LogP contribution >= 0.6 is 0 Å². The van der Waals surface area contributed by atoms with Crippen molar-refractivity contribution in [3.8, 4) is 0 Å². The van der Waals surface area contributed by atoms with Crippen molar-refractivity contribution < 1.29 is 0 Å². The van der Waals surface area contributed by atoms with E-state index in [9.17, 15) is 0 Å². The van der Waals surface area contributed by atoms with Crippen LogP contribution in [0.15, 0.2) is 30.5 Å². The normalized spacial score (nSPS) is 14.5. The molecule has 0 unspecified atom stereocenters. The van der Waals surface area contributed by atoms with Crippen molar-refractivity contribution in [3.63, 3.8) is 0 Å². The lowest BCUT2D eigenvalue weighted by molar-refractivity contribution is 0.395. The standard InChI is InChI=1S/C20H27N7/c1-3-15(4-2)23-18-12-17(22-13-16-10-5-6-11-21-16)20-25-24-19(27(20)26-18)14-8-7-9-14/h5-6,10-12,14-15,22H,3-4,7-9,13H2,1-2H3,(H,23,26). The zero-order valence-corrected chi connectivity index (χ0v) is 16.0. The van der Waals surface area contributed by atoms with E-state index in [1.807, 2.05) is 35.0 Å². The van der Waals surface area contributed by atoms with Crippen LogP contribution in [-0.4, -0.2) is 30.8 Å². The maximum atomic E-state index is 4.81. The summed E-state index contributed by atoms with van der Waals surface area (Å²) in [5.41, 5.74) is 2.70. The molecule has 7 nitrogen and oxygen atoms in total. The van der Waals surface area contributed by atoms with Crippen LogP contribution in [-0.2, 0) is 6.54 Å². The van der Waals surface area contributed by atoms with E-state index in [1.165, 1.54) is 19.3 Å². The van der Waals surface area contributed by atoms with E-state index in [1.54, 1.807) is 0 Å². The molecule has 3 heterocycles. The van der Waals surface area contributed by atoms with Crippen molar-refractivity contribution in [1.82, 2.24) is 24.8 Å². The Bertz CT molecular complexity index is 882. The van der Waals surface area contributed by atoms with Crippen molar-refractivity contribution in [3.05, 3.63) is 42.0 Å². The fourth-order valence-corrected chi connectivity index (χ4v) is 3.41. The number of fused-ring (bicyclic) bond motifs is 1. The third-order valence-corrected chi connectivity index (χ3v) is 5.39. The molecule has 0 aliphatic heterocycles. The first-order chi connectivity index (χ1) is 13.3. The second kappa shape index (κ2) is 7.90. The average molecular weight is 365 g/mol. The number of pyridine rings is 1. The van der Waals surface area contributed by atoms with Crippen LogP contribution < -0.4 is 10.6 Å². The SMILES string of the molecule is CCC(CC)Nc1cc(NCc2ccccn2)c2nnc(C3CCC3)n2n1. The van der Waals surface area contributed by atoms with Gasteiger partial charge in [0.2, 0.25) is 5.65 Å². The van der Waals surface area contributed by atoms with Gasteiger partial charge in [0.25, 0.3) is 0 Å². The topological polar surface area (TPSA) is 80.0 Å².